The van der Waals surface area contributed by atoms with Gasteiger partial charge in [0.1, 0.15) is 5.15 Å². The molecule has 5 heteroatoms. The average Bonchev–Trinajstić information content (AvgIpc) is 2.43. The lowest BCUT2D eigenvalue weighted by atomic mass is 10.1. The van der Waals surface area contributed by atoms with E-state index in [1.807, 2.05) is 5.38 Å². The molecule has 2 rings (SSSR count). The van der Waals surface area contributed by atoms with E-state index in [0.29, 0.717) is 11.2 Å². The van der Waals surface area contributed by atoms with Crippen LogP contribution in [0.5, 0.6) is 0 Å². The van der Waals surface area contributed by atoms with Crippen LogP contribution in [0.25, 0.3) is 0 Å². The fraction of sp³-hybridized carbons (Fsp3) is 0.667. The Morgan fingerprint density at radius 1 is 1.57 bits per heavy atom. The Balaban J connectivity index is 1.89. The third kappa shape index (κ3) is 2.83. The van der Waals surface area contributed by atoms with E-state index in [0.717, 1.165) is 18.2 Å². The van der Waals surface area contributed by atoms with Crippen molar-refractivity contribution in [1.29, 1.82) is 0 Å². The first kappa shape index (κ1) is 10.2. The van der Waals surface area contributed by atoms with Crippen LogP contribution in [0.15, 0.2) is 5.38 Å². The Morgan fingerprint density at radius 3 is 3.29 bits per heavy atom. The number of anilines is 1. The highest BCUT2D eigenvalue weighted by atomic mass is 35.5. The summed E-state index contributed by atoms with van der Waals surface area (Å²) in [7, 11) is 0. The summed E-state index contributed by atoms with van der Waals surface area (Å²) < 4.78 is 0. The van der Waals surface area contributed by atoms with Gasteiger partial charge in [0, 0.05) is 18.0 Å². The van der Waals surface area contributed by atoms with Crippen molar-refractivity contribution in [3.63, 3.8) is 0 Å². The minimum absolute atomic E-state index is 0.500. The van der Waals surface area contributed by atoms with Gasteiger partial charge in [-0.1, -0.05) is 18.0 Å². The zero-order chi connectivity index (χ0) is 9.80. The molecule has 2 N–H and O–H groups in total. The van der Waals surface area contributed by atoms with E-state index in [1.54, 1.807) is 11.3 Å². The molecule has 1 fully saturated rings. The molecule has 0 aliphatic carbocycles. The Morgan fingerprint density at radius 2 is 2.50 bits per heavy atom. The molecule has 78 valence electrons. The summed E-state index contributed by atoms with van der Waals surface area (Å²) in [4.78, 5) is 4.18. The lowest BCUT2D eigenvalue weighted by Gasteiger charge is -2.14. The van der Waals surface area contributed by atoms with Crippen LogP contribution < -0.4 is 10.6 Å². The predicted molar refractivity (Wildman–Crippen MR) is 61.3 cm³/mol. The third-order valence-corrected chi connectivity index (χ3v) is 3.45. The second-order valence-corrected chi connectivity index (χ2v) is 4.76. The van der Waals surface area contributed by atoms with Gasteiger partial charge in [0.05, 0.1) is 0 Å². The molecule has 2 heterocycles. The van der Waals surface area contributed by atoms with Crippen LogP contribution in [0.3, 0.4) is 0 Å². The van der Waals surface area contributed by atoms with E-state index >= 15 is 0 Å². The van der Waals surface area contributed by atoms with Crippen LogP contribution in [0.1, 0.15) is 19.3 Å². The summed E-state index contributed by atoms with van der Waals surface area (Å²) in [5.74, 6) is 0. The standard InChI is InChI=1S/C9H14ClN3S/c10-8-6-14-9(13-8)12-7-3-1-2-4-11-5-7/h6-7,11H,1-5H2,(H,12,13). The molecule has 0 spiro atoms. The molecule has 0 bridgehead atoms. The van der Waals surface area contributed by atoms with Crippen molar-refractivity contribution in [2.45, 2.75) is 25.3 Å². The van der Waals surface area contributed by atoms with Crippen LogP contribution >= 0.6 is 22.9 Å². The van der Waals surface area contributed by atoms with Crippen molar-refractivity contribution in [3.8, 4) is 0 Å². The van der Waals surface area contributed by atoms with E-state index in [1.165, 1.54) is 19.3 Å². The molecular formula is C9H14ClN3S. The lowest BCUT2D eigenvalue weighted by Crippen LogP contribution is -2.30. The van der Waals surface area contributed by atoms with Crippen LogP contribution in [-0.4, -0.2) is 24.1 Å². The number of halogens is 1. The number of nitrogens with zero attached hydrogens (tertiary/aromatic N) is 1. The van der Waals surface area contributed by atoms with E-state index < -0.39 is 0 Å². The van der Waals surface area contributed by atoms with Gasteiger partial charge in [0.15, 0.2) is 5.13 Å². The SMILES string of the molecule is Clc1csc(NC2CCCCNC2)n1. The third-order valence-electron chi connectivity index (χ3n) is 2.35. The van der Waals surface area contributed by atoms with Gasteiger partial charge in [-0.2, -0.15) is 0 Å². The summed E-state index contributed by atoms with van der Waals surface area (Å²) in [5, 5.41) is 10.2. The minimum Gasteiger partial charge on any atom is -0.357 e. The Bertz CT molecular complexity index is 281. The van der Waals surface area contributed by atoms with Gasteiger partial charge in [-0.15, -0.1) is 11.3 Å². The fourth-order valence-corrected chi connectivity index (χ4v) is 2.55. The molecule has 0 radical (unpaired) electrons. The highest BCUT2D eigenvalue weighted by Gasteiger charge is 2.12. The highest BCUT2D eigenvalue weighted by molar-refractivity contribution is 7.14. The van der Waals surface area contributed by atoms with Crippen molar-refractivity contribution in [2.75, 3.05) is 18.4 Å². The fourth-order valence-electron chi connectivity index (χ4n) is 1.64. The van der Waals surface area contributed by atoms with Crippen LogP contribution in [0.4, 0.5) is 5.13 Å². The summed E-state index contributed by atoms with van der Waals surface area (Å²) >= 11 is 7.32. The van der Waals surface area contributed by atoms with E-state index in [9.17, 15) is 0 Å². The molecule has 1 saturated heterocycles. The van der Waals surface area contributed by atoms with Gasteiger partial charge in [0.25, 0.3) is 0 Å². The highest BCUT2D eigenvalue weighted by Crippen LogP contribution is 2.20. The van der Waals surface area contributed by atoms with Crippen LogP contribution in [0.2, 0.25) is 5.15 Å². The molecule has 1 unspecified atom stereocenters. The largest absolute Gasteiger partial charge is 0.357 e. The van der Waals surface area contributed by atoms with Crippen molar-refractivity contribution in [3.05, 3.63) is 10.5 Å². The van der Waals surface area contributed by atoms with Gasteiger partial charge in [-0.3, -0.25) is 0 Å². The normalized spacial score (nSPS) is 23.1. The maximum Gasteiger partial charge on any atom is 0.184 e. The van der Waals surface area contributed by atoms with Crippen molar-refractivity contribution < 1.29 is 0 Å². The summed E-state index contributed by atoms with van der Waals surface area (Å²) in [6.07, 6.45) is 3.77. The number of hydrogen-bond donors (Lipinski definition) is 2. The van der Waals surface area contributed by atoms with Gasteiger partial charge in [-0.05, 0) is 19.4 Å². The zero-order valence-electron chi connectivity index (χ0n) is 7.92. The molecule has 1 atom stereocenters. The van der Waals surface area contributed by atoms with Crippen LogP contribution in [-0.2, 0) is 0 Å². The molecule has 1 aliphatic rings. The molecule has 1 aliphatic heterocycles. The summed E-state index contributed by atoms with van der Waals surface area (Å²) in [6.45, 7) is 2.16. The van der Waals surface area contributed by atoms with E-state index in [2.05, 4.69) is 15.6 Å². The molecule has 0 saturated carbocycles. The summed E-state index contributed by atoms with van der Waals surface area (Å²) in [6, 6.07) is 0.500. The second kappa shape index (κ2) is 4.96. The first-order chi connectivity index (χ1) is 6.84. The van der Waals surface area contributed by atoms with E-state index in [4.69, 9.17) is 11.6 Å². The number of nitrogens with one attached hydrogen (secondary N) is 2. The van der Waals surface area contributed by atoms with Crippen molar-refractivity contribution >= 4 is 28.1 Å². The molecule has 0 aromatic carbocycles. The van der Waals surface area contributed by atoms with Gasteiger partial charge in [0.2, 0.25) is 0 Å². The van der Waals surface area contributed by atoms with Crippen molar-refractivity contribution in [2.24, 2.45) is 0 Å². The topological polar surface area (TPSA) is 37.0 Å². The monoisotopic (exact) mass is 231 g/mol. The smallest absolute Gasteiger partial charge is 0.184 e. The minimum atomic E-state index is 0.500. The molecule has 14 heavy (non-hydrogen) atoms. The number of thiazole rings is 1. The zero-order valence-corrected chi connectivity index (χ0v) is 9.50. The van der Waals surface area contributed by atoms with Gasteiger partial charge >= 0.3 is 0 Å². The van der Waals surface area contributed by atoms with Gasteiger partial charge in [-0.25, -0.2) is 4.98 Å². The average molecular weight is 232 g/mol. The Labute approximate surface area is 92.9 Å². The second-order valence-electron chi connectivity index (χ2n) is 3.52. The Kier molecular flexibility index (Phi) is 3.61. The number of aromatic nitrogens is 1. The quantitative estimate of drug-likeness (QED) is 0.821. The first-order valence-electron chi connectivity index (χ1n) is 4.93. The van der Waals surface area contributed by atoms with Crippen molar-refractivity contribution in [1.82, 2.24) is 10.3 Å². The van der Waals surface area contributed by atoms with E-state index in [-0.39, 0.29) is 0 Å². The number of rotatable bonds is 2. The predicted octanol–water partition coefficient (Wildman–Crippen LogP) is 2.35. The number of hydrogen-bond acceptors (Lipinski definition) is 4. The summed E-state index contributed by atoms with van der Waals surface area (Å²) in [5.41, 5.74) is 0. The Hall–Kier alpha value is -0.320. The molecule has 3 nitrogen and oxygen atoms in total. The lowest BCUT2D eigenvalue weighted by molar-refractivity contribution is 0.635. The maximum absolute atomic E-state index is 5.75. The van der Waals surface area contributed by atoms with Crippen LogP contribution in [0, 0.1) is 0 Å². The molecule has 1 aromatic heterocycles. The molecular weight excluding hydrogens is 218 g/mol. The molecule has 0 amide bonds. The first-order valence-corrected chi connectivity index (χ1v) is 6.18. The molecule has 1 aromatic rings. The van der Waals surface area contributed by atoms with Gasteiger partial charge < -0.3 is 10.6 Å². The maximum atomic E-state index is 5.75.